The van der Waals surface area contributed by atoms with Gasteiger partial charge in [-0.1, -0.05) is 53.5 Å². The highest BCUT2D eigenvalue weighted by Crippen LogP contribution is 2.27. The summed E-state index contributed by atoms with van der Waals surface area (Å²) in [6.07, 6.45) is 4.56. The van der Waals surface area contributed by atoms with Crippen LogP contribution in [0, 0.1) is 0 Å². The lowest BCUT2D eigenvalue weighted by Crippen LogP contribution is -2.51. The Bertz CT molecular complexity index is 1240. The first-order valence-electron chi connectivity index (χ1n) is 12.9. The first-order valence-corrected chi connectivity index (χ1v) is 13.7. The number of esters is 1. The van der Waals surface area contributed by atoms with Crippen molar-refractivity contribution < 1.29 is 9.53 Å². The Kier molecular flexibility index (Phi) is 9.26. The van der Waals surface area contributed by atoms with Crippen molar-refractivity contribution in [1.82, 2.24) is 20.6 Å². The first kappa shape index (κ1) is 28.3. The van der Waals surface area contributed by atoms with Gasteiger partial charge >= 0.3 is 5.97 Å². The number of piperidine rings is 1. The van der Waals surface area contributed by atoms with Gasteiger partial charge in [-0.2, -0.15) is 0 Å². The van der Waals surface area contributed by atoms with Crippen LogP contribution in [0.4, 0.5) is 5.82 Å². The van der Waals surface area contributed by atoms with Gasteiger partial charge in [0, 0.05) is 28.2 Å². The van der Waals surface area contributed by atoms with Crippen LogP contribution in [0.15, 0.2) is 48.7 Å². The summed E-state index contributed by atoms with van der Waals surface area (Å²) in [5.41, 5.74) is 10.1. The Labute approximate surface area is 234 Å². The Morgan fingerprint density at radius 1 is 1.13 bits per heavy atom. The number of ether oxygens (including phenoxy) is 1. The zero-order valence-electron chi connectivity index (χ0n) is 22.1. The normalized spacial score (nSPS) is 17.8. The molecule has 0 radical (unpaired) electrons. The molecular weight excluding hydrogens is 521 g/mol. The van der Waals surface area contributed by atoms with Crippen LogP contribution in [0.25, 0.3) is 11.3 Å². The number of nitrogens with two attached hydrogens (primary N) is 1. The molecule has 0 amide bonds. The van der Waals surface area contributed by atoms with Gasteiger partial charge < -0.3 is 21.1 Å². The molecule has 9 heteroatoms. The number of carbonyl (C=O) groups is 1. The fourth-order valence-corrected chi connectivity index (χ4v) is 5.07. The van der Waals surface area contributed by atoms with Crippen LogP contribution in [0.5, 0.6) is 0 Å². The van der Waals surface area contributed by atoms with Gasteiger partial charge in [-0.25, -0.2) is 9.97 Å². The molecule has 0 aliphatic carbocycles. The standard InChI is InChI=1S/C29H35Cl2N5O2/c1-29(2,3)38-28(37)25-15-20(13-14-33-25)34-16-18-7-9-19(10-8-18)26-17-35-27(32)24(36-26)12-11-21-22(30)5-4-6-23(21)31/h4-10,17,20,25,33-34H,11-16H2,1-3H3,(H2,32,35)/t20?,25-/m1/s1. The molecule has 4 N–H and O–H groups in total. The number of hydrogen-bond donors (Lipinski definition) is 3. The number of rotatable bonds is 8. The minimum atomic E-state index is -0.486. The van der Waals surface area contributed by atoms with Crippen molar-refractivity contribution in [2.45, 2.75) is 70.7 Å². The summed E-state index contributed by atoms with van der Waals surface area (Å²) in [5, 5.41) is 8.13. The molecule has 1 saturated heterocycles. The van der Waals surface area contributed by atoms with Crippen molar-refractivity contribution in [2.24, 2.45) is 0 Å². The SMILES string of the molecule is CC(C)(C)OC(=O)[C@H]1CC(NCc2ccc(-c3cnc(N)c(CCc4c(Cl)cccc4Cl)n3)cc2)CCN1. The molecule has 2 heterocycles. The second-order valence-electron chi connectivity index (χ2n) is 10.6. The van der Waals surface area contributed by atoms with E-state index >= 15 is 0 Å². The second-order valence-corrected chi connectivity index (χ2v) is 11.4. The summed E-state index contributed by atoms with van der Waals surface area (Å²) in [6.45, 7) is 7.16. The Balaban J connectivity index is 1.35. The van der Waals surface area contributed by atoms with Crippen LogP contribution >= 0.6 is 23.2 Å². The van der Waals surface area contributed by atoms with Crippen molar-refractivity contribution in [3.8, 4) is 11.3 Å². The Morgan fingerprint density at radius 2 is 1.84 bits per heavy atom. The third-order valence-electron chi connectivity index (χ3n) is 6.49. The van der Waals surface area contributed by atoms with Crippen molar-refractivity contribution in [2.75, 3.05) is 12.3 Å². The van der Waals surface area contributed by atoms with E-state index in [-0.39, 0.29) is 18.1 Å². The van der Waals surface area contributed by atoms with Gasteiger partial charge in [0.15, 0.2) is 0 Å². The van der Waals surface area contributed by atoms with Crippen molar-refractivity contribution >= 4 is 35.0 Å². The Morgan fingerprint density at radius 3 is 2.53 bits per heavy atom. The first-order chi connectivity index (χ1) is 18.1. The summed E-state index contributed by atoms with van der Waals surface area (Å²) in [4.78, 5) is 21.6. The van der Waals surface area contributed by atoms with Gasteiger partial charge in [0.2, 0.25) is 0 Å². The molecule has 1 aromatic heterocycles. The number of nitrogen functional groups attached to an aromatic ring is 1. The quantitative estimate of drug-likeness (QED) is 0.321. The molecule has 1 aliphatic heterocycles. The fraction of sp³-hybridized carbons (Fsp3) is 0.414. The second kappa shape index (κ2) is 12.4. The zero-order valence-corrected chi connectivity index (χ0v) is 23.6. The number of halogens is 2. The Hall–Kier alpha value is -2.71. The van der Waals surface area contributed by atoms with E-state index < -0.39 is 5.60 Å². The smallest absolute Gasteiger partial charge is 0.323 e. The molecule has 38 heavy (non-hydrogen) atoms. The highest BCUT2D eigenvalue weighted by atomic mass is 35.5. The molecular formula is C29H35Cl2N5O2. The predicted octanol–water partition coefficient (Wildman–Crippen LogP) is 5.37. The summed E-state index contributed by atoms with van der Waals surface area (Å²) in [6, 6.07) is 13.7. The minimum Gasteiger partial charge on any atom is -0.459 e. The van der Waals surface area contributed by atoms with E-state index in [4.69, 9.17) is 38.7 Å². The van der Waals surface area contributed by atoms with Crippen LogP contribution in [0.1, 0.15) is 50.4 Å². The average molecular weight is 557 g/mol. The van der Waals surface area contributed by atoms with Gasteiger partial charge in [-0.05, 0) is 76.3 Å². The number of aromatic nitrogens is 2. The molecule has 2 aromatic carbocycles. The number of carbonyl (C=O) groups excluding carboxylic acids is 1. The van der Waals surface area contributed by atoms with E-state index in [0.717, 1.165) is 41.0 Å². The van der Waals surface area contributed by atoms with E-state index in [1.54, 1.807) is 6.20 Å². The number of nitrogens with one attached hydrogen (secondary N) is 2. The van der Waals surface area contributed by atoms with E-state index in [9.17, 15) is 4.79 Å². The average Bonchev–Trinajstić information content (AvgIpc) is 2.88. The molecule has 4 rings (SSSR count). The number of benzene rings is 2. The van der Waals surface area contributed by atoms with Gasteiger partial charge in [0.25, 0.3) is 0 Å². The lowest BCUT2D eigenvalue weighted by atomic mass is 9.98. The highest BCUT2D eigenvalue weighted by Gasteiger charge is 2.30. The van der Waals surface area contributed by atoms with Crippen LogP contribution in [-0.4, -0.2) is 40.2 Å². The molecule has 3 aromatic rings. The highest BCUT2D eigenvalue weighted by molar-refractivity contribution is 6.36. The molecule has 0 spiro atoms. The molecule has 1 fully saturated rings. The van der Waals surface area contributed by atoms with E-state index in [0.29, 0.717) is 41.7 Å². The third kappa shape index (κ3) is 7.67. The molecule has 2 atom stereocenters. The molecule has 0 bridgehead atoms. The van der Waals surface area contributed by atoms with Crippen molar-refractivity contribution in [3.63, 3.8) is 0 Å². The molecule has 7 nitrogen and oxygen atoms in total. The number of nitrogens with zero attached hydrogens (tertiary/aromatic N) is 2. The molecule has 0 saturated carbocycles. The van der Waals surface area contributed by atoms with Gasteiger partial charge in [-0.15, -0.1) is 0 Å². The van der Waals surface area contributed by atoms with Crippen LogP contribution in [-0.2, 0) is 28.9 Å². The number of aryl methyl sites for hydroxylation is 1. The van der Waals surface area contributed by atoms with E-state index in [2.05, 4.69) is 27.8 Å². The fourth-order valence-electron chi connectivity index (χ4n) is 4.49. The third-order valence-corrected chi connectivity index (χ3v) is 7.20. The largest absolute Gasteiger partial charge is 0.459 e. The maximum absolute atomic E-state index is 12.5. The van der Waals surface area contributed by atoms with Crippen LogP contribution < -0.4 is 16.4 Å². The predicted molar refractivity (Wildman–Crippen MR) is 153 cm³/mol. The van der Waals surface area contributed by atoms with Crippen molar-refractivity contribution in [3.05, 3.63) is 75.5 Å². The van der Waals surface area contributed by atoms with Crippen LogP contribution in [0.3, 0.4) is 0 Å². The summed E-state index contributed by atoms with van der Waals surface area (Å²) >= 11 is 12.6. The van der Waals surface area contributed by atoms with Crippen molar-refractivity contribution in [1.29, 1.82) is 0 Å². The molecule has 1 aliphatic rings. The van der Waals surface area contributed by atoms with Gasteiger partial charge in [-0.3, -0.25) is 4.79 Å². The maximum Gasteiger partial charge on any atom is 0.323 e. The maximum atomic E-state index is 12.5. The molecule has 1 unspecified atom stereocenters. The monoisotopic (exact) mass is 555 g/mol. The number of anilines is 1. The van der Waals surface area contributed by atoms with E-state index in [1.807, 2.05) is 51.1 Å². The van der Waals surface area contributed by atoms with E-state index in [1.165, 1.54) is 0 Å². The van der Waals surface area contributed by atoms with Crippen LogP contribution in [0.2, 0.25) is 10.0 Å². The summed E-state index contributed by atoms with van der Waals surface area (Å²) < 4.78 is 5.55. The topological polar surface area (TPSA) is 102 Å². The molecule has 202 valence electrons. The zero-order chi connectivity index (χ0) is 27.3. The van der Waals surface area contributed by atoms with Gasteiger partial charge in [0.1, 0.15) is 17.5 Å². The lowest BCUT2D eigenvalue weighted by molar-refractivity contribution is -0.158. The lowest BCUT2D eigenvalue weighted by Gasteiger charge is -2.31. The number of hydrogen-bond acceptors (Lipinski definition) is 7. The summed E-state index contributed by atoms with van der Waals surface area (Å²) in [5.74, 6) is 0.219. The van der Waals surface area contributed by atoms with Gasteiger partial charge in [0.05, 0.1) is 17.6 Å². The summed E-state index contributed by atoms with van der Waals surface area (Å²) in [7, 11) is 0. The minimum absolute atomic E-state index is 0.188.